The van der Waals surface area contributed by atoms with Crippen LogP contribution in [0.3, 0.4) is 0 Å². The third-order valence-electron chi connectivity index (χ3n) is 2.65. The van der Waals surface area contributed by atoms with E-state index in [4.69, 9.17) is 0 Å². The summed E-state index contributed by atoms with van der Waals surface area (Å²) in [4.78, 5) is 0. The second-order valence-electron chi connectivity index (χ2n) is 4.10. The smallest absolute Gasteiger partial charge is 0.0914 e. The highest BCUT2D eigenvalue weighted by Crippen LogP contribution is 2.11. The van der Waals surface area contributed by atoms with Gasteiger partial charge in [0.25, 0.3) is 0 Å². The lowest BCUT2D eigenvalue weighted by atomic mass is 10.1. The van der Waals surface area contributed by atoms with E-state index in [1.807, 2.05) is 36.4 Å². The Balaban J connectivity index is 2.30. The van der Waals surface area contributed by atoms with Crippen LogP contribution in [-0.4, -0.2) is 17.7 Å². The van der Waals surface area contributed by atoms with Crippen LogP contribution < -0.4 is 5.32 Å². The lowest BCUT2D eigenvalue weighted by Crippen LogP contribution is -2.30. The quantitative estimate of drug-likeness (QED) is 0.691. The van der Waals surface area contributed by atoms with Gasteiger partial charge < -0.3 is 10.4 Å². The van der Waals surface area contributed by atoms with Gasteiger partial charge in [-0.1, -0.05) is 36.4 Å². The van der Waals surface area contributed by atoms with E-state index >= 15 is 0 Å². The molecule has 0 fully saturated rings. The summed E-state index contributed by atoms with van der Waals surface area (Å²) in [6.07, 6.45) is 3.57. The Hall–Kier alpha value is -1.12. The summed E-state index contributed by atoms with van der Waals surface area (Å²) in [5.74, 6) is 0. The highest BCUT2D eigenvalue weighted by molar-refractivity contribution is 5.17. The standard InChI is InChI=1S/C14H21NO/c1-3-4-8-12(2)15-11-14(16)13-9-6-5-7-10-13/h3,5-7,9-10,12,14-16H,1,4,8,11H2,2H3. The summed E-state index contributed by atoms with van der Waals surface area (Å²) >= 11 is 0. The molecule has 0 bridgehead atoms. The number of aliphatic hydroxyl groups is 1. The third kappa shape index (κ3) is 4.60. The molecule has 1 rings (SSSR count). The molecule has 2 atom stereocenters. The maximum atomic E-state index is 9.91. The number of hydrogen-bond donors (Lipinski definition) is 2. The van der Waals surface area contributed by atoms with Gasteiger partial charge in [-0.3, -0.25) is 0 Å². The lowest BCUT2D eigenvalue weighted by molar-refractivity contribution is 0.170. The van der Waals surface area contributed by atoms with E-state index in [9.17, 15) is 5.11 Å². The Bertz CT molecular complexity index is 297. The molecule has 1 aromatic rings. The van der Waals surface area contributed by atoms with Gasteiger partial charge in [-0.05, 0) is 25.3 Å². The van der Waals surface area contributed by atoms with Crippen LogP contribution in [0.5, 0.6) is 0 Å². The fourth-order valence-corrected chi connectivity index (χ4v) is 1.58. The molecule has 0 saturated carbocycles. The molecule has 88 valence electrons. The van der Waals surface area contributed by atoms with Crippen LogP contribution in [0, 0.1) is 0 Å². The van der Waals surface area contributed by atoms with E-state index in [1.165, 1.54) is 0 Å². The van der Waals surface area contributed by atoms with E-state index in [1.54, 1.807) is 0 Å². The number of rotatable bonds is 7. The molecule has 0 aromatic heterocycles. The highest BCUT2D eigenvalue weighted by atomic mass is 16.3. The molecule has 0 aliphatic rings. The minimum atomic E-state index is -0.424. The van der Waals surface area contributed by atoms with Crippen molar-refractivity contribution in [1.82, 2.24) is 5.32 Å². The molecular weight excluding hydrogens is 198 g/mol. The number of allylic oxidation sites excluding steroid dienone is 1. The van der Waals surface area contributed by atoms with Gasteiger partial charge in [0.1, 0.15) is 0 Å². The first kappa shape index (κ1) is 12.9. The minimum Gasteiger partial charge on any atom is -0.387 e. The van der Waals surface area contributed by atoms with Crippen LogP contribution in [0.4, 0.5) is 0 Å². The van der Waals surface area contributed by atoms with Gasteiger partial charge in [-0.25, -0.2) is 0 Å². The molecule has 0 saturated heterocycles. The fraction of sp³-hybridized carbons (Fsp3) is 0.429. The summed E-state index contributed by atoms with van der Waals surface area (Å²) in [7, 11) is 0. The van der Waals surface area contributed by atoms with Crippen molar-refractivity contribution >= 4 is 0 Å². The van der Waals surface area contributed by atoms with E-state index in [0.717, 1.165) is 18.4 Å². The van der Waals surface area contributed by atoms with Gasteiger partial charge in [0.05, 0.1) is 6.10 Å². The van der Waals surface area contributed by atoms with Crippen molar-refractivity contribution < 1.29 is 5.11 Å². The Morgan fingerprint density at radius 2 is 2.06 bits per heavy atom. The van der Waals surface area contributed by atoms with Gasteiger partial charge in [0.15, 0.2) is 0 Å². The maximum Gasteiger partial charge on any atom is 0.0914 e. The topological polar surface area (TPSA) is 32.3 Å². The molecule has 2 nitrogen and oxygen atoms in total. The molecule has 0 radical (unpaired) electrons. The molecule has 0 aliphatic carbocycles. The van der Waals surface area contributed by atoms with Gasteiger partial charge in [0, 0.05) is 12.6 Å². The fourth-order valence-electron chi connectivity index (χ4n) is 1.58. The van der Waals surface area contributed by atoms with E-state index in [0.29, 0.717) is 12.6 Å². The molecule has 0 spiro atoms. The second-order valence-corrected chi connectivity index (χ2v) is 4.10. The summed E-state index contributed by atoms with van der Waals surface area (Å²) in [6, 6.07) is 10.1. The number of benzene rings is 1. The van der Waals surface area contributed by atoms with Crippen molar-refractivity contribution in [2.24, 2.45) is 0 Å². The second kappa shape index (κ2) is 7.20. The monoisotopic (exact) mass is 219 g/mol. The highest BCUT2D eigenvalue weighted by Gasteiger charge is 2.08. The third-order valence-corrected chi connectivity index (χ3v) is 2.65. The average molecular weight is 219 g/mol. The Morgan fingerprint density at radius 1 is 1.38 bits per heavy atom. The molecule has 2 heteroatoms. The predicted octanol–water partition coefficient (Wildman–Crippen LogP) is 2.66. The average Bonchev–Trinajstić information content (AvgIpc) is 2.34. The number of aliphatic hydroxyl groups excluding tert-OH is 1. The molecule has 16 heavy (non-hydrogen) atoms. The summed E-state index contributed by atoms with van der Waals surface area (Å²) in [5, 5.41) is 13.2. The number of hydrogen-bond acceptors (Lipinski definition) is 2. The summed E-state index contributed by atoms with van der Waals surface area (Å²) in [6.45, 7) is 6.42. The van der Waals surface area contributed by atoms with Crippen molar-refractivity contribution in [3.05, 3.63) is 48.6 Å². The van der Waals surface area contributed by atoms with E-state index in [-0.39, 0.29) is 0 Å². The summed E-state index contributed by atoms with van der Waals surface area (Å²) in [5.41, 5.74) is 0.964. The van der Waals surface area contributed by atoms with Gasteiger partial charge in [0.2, 0.25) is 0 Å². The van der Waals surface area contributed by atoms with Crippen LogP contribution in [0.25, 0.3) is 0 Å². The number of nitrogens with one attached hydrogen (secondary N) is 1. The normalized spacial score (nSPS) is 14.4. The van der Waals surface area contributed by atoms with Crippen molar-refractivity contribution in [1.29, 1.82) is 0 Å². The zero-order valence-electron chi connectivity index (χ0n) is 9.89. The largest absolute Gasteiger partial charge is 0.387 e. The molecule has 2 N–H and O–H groups in total. The SMILES string of the molecule is C=CCCC(C)NCC(O)c1ccccc1. The van der Waals surface area contributed by atoms with Crippen LogP contribution >= 0.6 is 0 Å². The van der Waals surface area contributed by atoms with Crippen molar-refractivity contribution in [2.75, 3.05) is 6.54 Å². The van der Waals surface area contributed by atoms with Crippen molar-refractivity contribution in [3.8, 4) is 0 Å². The van der Waals surface area contributed by atoms with Gasteiger partial charge in [-0.15, -0.1) is 6.58 Å². The zero-order chi connectivity index (χ0) is 11.8. The summed E-state index contributed by atoms with van der Waals surface area (Å²) < 4.78 is 0. The lowest BCUT2D eigenvalue weighted by Gasteiger charge is -2.16. The molecule has 0 aliphatic heterocycles. The van der Waals surface area contributed by atoms with Crippen LogP contribution in [0.1, 0.15) is 31.4 Å². The first-order valence-corrected chi connectivity index (χ1v) is 5.81. The first-order valence-electron chi connectivity index (χ1n) is 5.81. The minimum absolute atomic E-state index is 0.413. The van der Waals surface area contributed by atoms with Crippen molar-refractivity contribution in [2.45, 2.75) is 31.9 Å². The van der Waals surface area contributed by atoms with Gasteiger partial charge >= 0.3 is 0 Å². The molecule has 0 heterocycles. The van der Waals surface area contributed by atoms with Crippen LogP contribution in [0.15, 0.2) is 43.0 Å². The van der Waals surface area contributed by atoms with Crippen LogP contribution in [0.2, 0.25) is 0 Å². The molecule has 1 aromatic carbocycles. The molecule has 0 amide bonds. The van der Waals surface area contributed by atoms with E-state index < -0.39 is 6.10 Å². The Kier molecular flexibility index (Phi) is 5.83. The molecular formula is C14H21NO. The van der Waals surface area contributed by atoms with Gasteiger partial charge in [-0.2, -0.15) is 0 Å². The van der Waals surface area contributed by atoms with Crippen molar-refractivity contribution in [3.63, 3.8) is 0 Å². The predicted molar refractivity (Wildman–Crippen MR) is 68.3 cm³/mol. The van der Waals surface area contributed by atoms with Crippen LogP contribution in [-0.2, 0) is 0 Å². The Labute approximate surface area is 98.0 Å². The zero-order valence-corrected chi connectivity index (χ0v) is 9.89. The first-order chi connectivity index (χ1) is 7.74. The Morgan fingerprint density at radius 3 is 2.69 bits per heavy atom. The van der Waals surface area contributed by atoms with E-state index in [2.05, 4.69) is 18.8 Å². The maximum absolute atomic E-state index is 9.91. The molecule has 2 unspecified atom stereocenters.